The van der Waals surface area contributed by atoms with Gasteiger partial charge in [-0.05, 0) is 37.1 Å². The summed E-state index contributed by atoms with van der Waals surface area (Å²) in [6.07, 6.45) is 1.98. The molecule has 0 saturated carbocycles. The van der Waals surface area contributed by atoms with E-state index in [9.17, 15) is 10.1 Å². The lowest BCUT2D eigenvalue weighted by molar-refractivity contribution is -0.384. The highest BCUT2D eigenvalue weighted by Gasteiger charge is 2.09. The van der Waals surface area contributed by atoms with E-state index in [4.69, 9.17) is 0 Å². The van der Waals surface area contributed by atoms with Gasteiger partial charge in [0, 0.05) is 35.8 Å². The van der Waals surface area contributed by atoms with Crippen molar-refractivity contribution in [2.24, 2.45) is 0 Å². The van der Waals surface area contributed by atoms with Crippen molar-refractivity contribution in [3.8, 4) is 0 Å². The number of hydrogen-bond donors (Lipinski definition) is 0. The van der Waals surface area contributed by atoms with Crippen LogP contribution in [0.25, 0.3) is 10.9 Å². The lowest BCUT2D eigenvalue weighted by Crippen LogP contribution is -2.00. The molecule has 0 atom stereocenters. The summed E-state index contributed by atoms with van der Waals surface area (Å²) >= 11 is 0. The molecule has 3 aromatic rings. The van der Waals surface area contributed by atoms with Gasteiger partial charge in [0.15, 0.2) is 0 Å². The van der Waals surface area contributed by atoms with E-state index in [1.54, 1.807) is 12.1 Å². The molecular weight excluding hydrogens is 264 g/mol. The quantitative estimate of drug-likeness (QED) is 0.533. The highest BCUT2D eigenvalue weighted by Crippen LogP contribution is 2.23. The number of hydrogen-bond acceptors (Lipinski definition) is 2. The van der Waals surface area contributed by atoms with Crippen molar-refractivity contribution in [3.63, 3.8) is 0 Å². The first-order valence-corrected chi connectivity index (χ1v) is 6.84. The molecule has 3 rings (SSSR count). The Labute approximate surface area is 122 Å². The van der Waals surface area contributed by atoms with Gasteiger partial charge in [-0.2, -0.15) is 0 Å². The highest BCUT2D eigenvalue weighted by molar-refractivity contribution is 5.82. The number of non-ortho nitro benzene ring substituents is 1. The van der Waals surface area contributed by atoms with Gasteiger partial charge in [0.1, 0.15) is 0 Å². The van der Waals surface area contributed by atoms with Crippen LogP contribution in [0, 0.1) is 24.0 Å². The summed E-state index contributed by atoms with van der Waals surface area (Å²) in [5, 5.41) is 11.7. The Hall–Kier alpha value is -2.62. The van der Waals surface area contributed by atoms with Crippen LogP contribution in [0.4, 0.5) is 5.69 Å². The molecule has 0 fully saturated rings. The molecule has 1 heterocycles. The molecule has 1 aromatic heterocycles. The van der Waals surface area contributed by atoms with E-state index < -0.39 is 0 Å². The molecular formula is C17H16N2O2. The van der Waals surface area contributed by atoms with Crippen molar-refractivity contribution in [3.05, 3.63) is 75.5 Å². The molecule has 0 aliphatic heterocycles. The molecule has 0 aliphatic rings. The molecule has 0 aliphatic carbocycles. The maximum atomic E-state index is 10.8. The SMILES string of the molecule is Cc1ccc(C)c(Cn2ccc3cc([N+](=O)[O-])ccc32)c1. The van der Waals surface area contributed by atoms with E-state index in [0.29, 0.717) is 0 Å². The van der Waals surface area contributed by atoms with E-state index in [1.807, 2.05) is 18.3 Å². The minimum Gasteiger partial charge on any atom is -0.343 e. The van der Waals surface area contributed by atoms with Gasteiger partial charge in [-0.3, -0.25) is 10.1 Å². The topological polar surface area (TPSA) is 48.1 Å². The third-order valence-electron chi connectivity index (χ3n) is 3.81. The summed E-state index contributed by atoms with van der Waals surface area (Å²) in [6, 6.07) is 13.3. The Bertz CT molecular complexity index is 834. The minimum atomic E-state index is -0.360. The number of nitrogens with zero attached hydrogens (tertiary/aromatic N) is 2. The summed E-state index contributed by atoms with van der Waals surface area (Å²) in [5.74, 6) is 0. The molecule has 4 heteroatoms. The number of aryl methyl sites for hydroxylation is 2. The summed E-state index contributed by atoms with van der Waals surface area (Å²) in [4.78, 5) is 10.5. The Morgan fingerprint density at radius 1 is 1.10 bits per heavy atom. The first kappa shape index (κ1) is 13.4. The fraction of sp³-hybridized carbons (Fsp3) is 0.176. The second-order valence-electron chi connectivity index (χ2n) is 5.37. The zero-order valence-electron chi connectivity index (χ0n) is 12.0. The third-order valence-corrected chi connectivity index (χ3v) is 3.81. The van der Waals surface area contributed by atoms with E-state index in [1.165, 1.54) is 16.7 Å². The lowest BCUT2D eigenvalue weighted by Gasteiger charge is -2.10. The number of nitro benzene ring substituents is 1. The van der Waals surface area contributed by atoms with Crippen LogP contribution in [-0.4, -0.2) is 9.49 Å². The van der Waals surface area contributed by atoms with Gasteiger partial charge >= 0.3 is 0 Å². The Morgan fingerprint density at radius 3 is 2.67 bits per heavy atom. The summed E-state index contributed by atoms with van der Waals surface area (Å²) in [7, 11) is 0. The average Bonchev–Trinajstić information content (AvgIpc) is 2.85. The van der Waals surface area contributed by atoms with Gasteiger partial charge in [0.25, 0.3) is 5.69 Å². The van der Waals surface area contributed by atoms with Gasteiger partial charge in [-0.25, -0.2) is 0 Å². The molecule has 0 saturated heterocycles. The predicted octanol–water partition coefficient (Wildman–Crippen LogP) is 4.21. The van der Waals surface area contributed by atoms with Crippen molar-refractivity contribution >= 4 is 16.6 Å². The van der Waals surface area contributed by atoms with Crippen molar-refractivity contribution in [2.45, 2.75) is 20.4 Å². The van der Waals surface area contributed by atoms with Crippen LogP contribution in [0.3, 0.4) is 0 Å². The molecule has 0 bridgehead atoms. The van der Waals surface area contributed by atoms with Gasteiger partial charge < -0.3 is 4.57 Å². The maximum absolute atomic E-state index is 10.8. The molecule has 0 unspecified atom stereocenters. The molecule has 106 valence electrons. The maximum Gasteiger partial charge on any atom is 0.270 e. The highest BCUT2D eigenvalue weighted by atomic mass is 16.6. The van der Waals surface area contributed by atoms with Gasteiger partial charge in [0.2, 0.25) is 0 Å². The fourth-order valence-corrected chi connectivity index (χ4v) is 2.59. The first-order valence-electron chi connectivity index (χ1n) is 6.84. The van der Waals surface area contributed by atoms with Crippen LogP contribution < -0.4 is 0 Å². The monoisotopic (exact) mass is 280 g/mol. The van der Waals surface area contributed by atoms with E-state index >= 15 is 0 Å². The fourth-order valence-electron chi connectivity index (χ4n) is 2.59. The van der Waals surface area contributed by atoms with Crippen LogP contribution in [0.2, 0.25) is 0 Å². The second-order valence-corrected chi connectivity index (χ2v) is 5.37. The molecule has 2 aromatic carbocycles. The Kier molecular flexibility index (Phi) is 3.22. The second kappa shape index (κ2) is 5.05. The van der Waals surface area contributed by atoms with Crippen LogP contribution in [0.15, 0.2) is 48.7 Å². The Morgan fingerprint density at radius 2 is 1.90 bits per heavy atom. The van der Waals surface area contributed by atoms with Crippen molar-refractivity contribution < 1.29 is 4.92 Å². The number of fused-ring (bicyclic) bond motifs is 1. The normalized spacial score (nSPS) is 11.0. The van der Waals surface area contributed by atoms with E-state index in [-0.39, 0.29) is 10.6 Å². The zero-order valence-corrected chi connectivity index (χ0v) is 12.0. The van der Waals surface area contributed by atoms with E-state index in [2.05, 4.69) is 36.6 Å². The first-order chi connectivity index (χ1) is 10.0. The van der Waals surface area contributed by atoms with Gasteiger partial charge in [-0.1, -0.05) is 23.8 Å². The minimum absolute atomic E-state index is 0.131. The van der Waals surface area contributed by atoms with Gasteiger partial charge in [-0.15, -0.1) is 0 Å². The average molecular weight is 280 g/mol. The van der Waals surface area contributed by atoms with E-state index in [0.717, 1.165) is 17.4 Å². The zero-order chi connectivity index (χ0) is 15.0. The van der Waals surface area contributed by atoms with Crippen molar-refractivity contribution in [1.82, 2.24) is 4.57 Å². The predicted molar refractivity (Wildman–Crippen MR) is 83.6 cm³/mol. The Balaban J connectivity index is 2.01. The number of aromatic nitrogens is 1. The van der Waals surface area contributed by atoms with Crippen molar-refractivity contribution in [2.75, 3.05) is 0 Å². The third kappa shape index (κ3) is 2.52. The summed E-state index contributed by atoms with van der Waals surface area (Å²) < 4.78 is 2.13. The van der Waals surface area contributed by atoms with Crippen LogP contribution in [0.1, 0.15) is 16.7 Å². The summed E-state index contributed by atoms with van der Waals surface area (Å²) in [5.41, 5.74) is 4.91. The van der Waals surface area contributed by atoms with Gasteiger partial charge in [0.05, 0.1) is 4.92 Å². The molecule has 4 nitrogen and oxygen atoms in total. The van der Waals surface area contributed by atoms with Crippen LogP contribution in [-0.2, 0) is 6.54 Å². The lowest BCUT2D eigenvalue weighted by atomic mass is 10.1. The van der Waals surface area contributed by atoms with Crippen LogP contribution in [0.5, 0.6) is 0 Å². The molecule has 21 heavy (non-hydrogen) atoms. The molecule has 0 N–H and O–H groups in total. The largest absolute Gasteiger partial charge is 0.343 e. The standard InChI is InChI=1S/C17H16N2O2/c1-12-3-4-13(2)15(9-12)11-18-8-7-14-10-16(19(20)21)5-6-17(14)18/h3-10H,11H2,1-2H3. The number of benzene rings is 2. The molecule has 0 amide bonds. The molecule has 0 spiro atoms. The van der Waals surface area contributed by atoms with Crippen LogP contribution >= 0.6 is 0 Å². The molecule has 0 radical (unpaired) electrons. The number of rotatable bonds is 3. The summed E-state index contributed by atoms with van der Waals surface area (Å²) in [6.45, 7) is 4.96. The number of nitro groups is 1. The van der Waals surface area contributed by atoms with Crippen molar-refractivity contribution in [1.29, 1.82) is 0 Å². The smallest absolute Gasteiger partial charge is 0.270 e.